The summed E-state index contributed by atoms with van der Waals surface area (Å²) in [5, 5.41) is 12.2. The molecule has 2 aromatic carbocycles. The van der Waals surface area contributed by atoms with Crippen LogP contribution < -0.4 is 16.0 Å². The monoisotopic (exact) mass is 692 g/mol. The Morgan fingerprint density at radius 3 is 2.38 bits per heavy atom. The highest BCUT2D eigenvalue weighted by atomic mass is 32.2. The molecule has 4 N–H and O–H groups in total. The SMILES string of the molecule is CC(C)(C)OC(=O)N[C@H]1CSc2cc(F)c(C(N)=NCC(C)(C(=O)O)S(C)(=O)=O)cc2N(Cc2ccc(C3CCOCC3)cc2)C1=O. The lowest BCUT2D eigenvalue weighted by molar-refractivity contribution is -0.139. The molecule has 2 aromatic rings. The number of carboxylic acid groups (broad SMARTS) is 1. The van der Waals surface area contributed by atoms with Crippen LogP contribution in [0.15, 0.2) is 46.3 Å². The molecular formula is C32H41FN4O8S2. The molecule has 0 aliphatic carbocycles. The zero-order valence-electron chi connectivity index (χ0n) is 27.0. The third-order valence-corrected chi connectivity index (χ3v) is 11.2. The van der Waals surface area contributed by atoms with Gasteiger partial charge in [0.05, 0.1) is 24.3 Å². The number of halogens is 1. The summed E-state index contributed by atoms with van der Waals surface area (Å²) in [4.78, 5) is 44.3. The molecule has 0 bridgehead atoms. The number of benzene rings is 2. The number of fused-ring (bicyclic) bond motifs is 1. The molecule has 2 atom stereocenters. The van der Waals surface area contributed by atoms with Crippen LogP contribution in [0.2, 0.25) is 0 Å². The lowest BCUT2D eigenvalue weighted by atomic mass is 9.91. The van der Waals surface area contributed by atoms with Gasteiger partial charge in [0, 0.05) is 30.1 Å². The molecule has 0 saturated carbocycles. The van der Waals surface area contributed by atoms with Gasteiger partial charge in [-0.05, 0) is 69.7 Å². The van der Waals surface area contributed by atoms with Crippen LogP contribution in [0.5, 0.6) is 0 Å². The third kappa shape index (κ3) is 8.62. The van der Waals surface area contributed by atoms with Crippen LogP contribution in [-0.4, -0.2) is 85.5 Å². The zero-order valence-corrected chi connectivity index (χ0v) is 28.7. The Morgan fingerprint density at radius 2 is 1.81 bits per heavy atom. The van der Waals surface area contributed by atoms with Crippen LogP contribution >= 0.6 is 11.8 Å². The van der Waals surface area contributed by atoms with E-state index >= 15 is 4.39 Å². The summed E-state index contributed by atoms with van der Waals surface area (Å²) < 4.78 is 48.6. The van der Waals surface area contributed by atoms with E-state index in [9.17, 15) is 27.9 Å². The van der Waals surface area contributed by atoms with E-state index in [0.29, 0.717) is 29.7 Å². The molecular weight excluding hydrogens is 652 g/mol. The molecule has 256 valence electrons. The fourth-order valence-corrected chi connectivity index (χ4v) is 6.80. The van der Waals surface area contributed by atoms with Crippen molar-refractivity contribution in [3.8, 4) is 0 Å². The average molecular weight is 693 g/mol. The van der Waals surface area contributed by atoms with Crippen molar-refractivity contribution in [2.45, 2.75) is 74.3 Å². The molecule has 0 radical (unpaired) electrons. The van der Waals surface area contributed by atoms with E-state index in [1.54, 1.807) is 20.8 Å². The molecule has 1 saturated heterocycles. The molecule has 15 heteroatoms. The van der Waals surface area contributed by atoms with Crippen molar-refractivity contribution < 1.29 is 41.8 Å². The lowest BCUT2D eigenvalue weighted by Gasteiger charge is -2.28. The number of nitrogens with two attached hydrogens (primary N) is 1. The van der Waals surface area contributed by atoms with Crippen LogP contribution in [-0.2, 0) is 35.4 Å². The molecule has 0 spiro atoms. The highest BCUT2D eigenvalue weighted by Crippen LogP contribution is 2.38. The first-order valence-corrected chi connectivity index (χ1v) is 17.9. The normalized spacial score (nSPS) is 19.4. The van der Waals surface area contributed by atoms with Gasteiger partial charge >= 0.3 is 12.1 Å². The third-order valence-electron chi connectivity index (χ3n) is 8.11. The second-order valence-electron chi connectivity index (χ2n) is 12.9. The number of ether oxygens (including phenoxy) is 2. The fraction of sp³-hybridized carbons (Fsp3) is 0.500. The number of alkyl carbamates (subject to hydrolysis) is 1. The maximum absolute atomic E-state index is 15.5. The van der Waals surface area contributed by atoms with Crippen LogP contribution in [0.3, 0.4) is 0 Å². The van der Waals surface area contributed by atoms with E-state index < -0.39 is 62.4 Å². The van der Waals surface area contributed by atoms with Crippen molar-refractivity contribution in [2.24, 2.45) is 10.7 Å². The summed E-state index contributed by atoms with van der Waals surface area (Å²) in [6, 6.07) is 9.37. The molecule has 12 nitrogen and oxygen atoms in total. The second kappa shape index (κ2) is 14.2. The number of anilines is 1. The number of hydrogen-bond donors (Lipinski definition) is 3. The Hall–Kier alpha value is -3.69. The molecule has 0 aromatic heterocycles. The number of rotatable bonds is 9. The summed E-state index contributed by atoms with van der Waals surface area (Å²) in [6.07, 6.45) is 1.83. The molecule has 2 amide bonds. The Kier molecular flexibility index (Phi) is 10.9. The highest BCUT2D eigenvalue weighted by molar-refractivity contribution is 7.99. The zero-order chi connectivity index (χ0) is 34.7. The van der Waals surface area contributed by atoms with Crippen molar-refractivity contribution in [1.29, 1.82) is 0 Å². The summed E-state index contributed by atoms with van der Waals surface area (Å²) in [5.74, 6) is -2.89. The number of nitrogens with zero attached hydrogens (tertiary/aromatic N) is 2. The van der Waals surface area contributed by atoms with Crippen LogP contribution in [0, 0.1) is 5.82 Å². The summed E-state index contributed by atoms with van der Waals surface area (Å²) in [6.45, 7) is 6.81. The number of nitrogens with one attached hydrogen (secondary N) is 1. The first-order chi connectivity index (χ1) is 21.9. The van der Waals surface area contributed by atoms with Crippen molar-refractivity contribution in [3.05, 3.63) is 58.9 Å². The predicted molar refractivity (Wildman–Crippen MR) is 177 cm³/mol. The van der Waals surface area contributed by atoms with Gasteiger partial charge in [-0.1, -0.05) is 24.3 Å². The largest absolute Gasteiger partial charge is 0.480 e. The molecule has 4 rings (SSSR count). The van der Waals surface area contributed by atoms with E-state index in [0.717, 1.165) is 48.9 Å². The van der Waals surface area contributed by atoms with E-state index in [1.807, 2.05) is 24.3 Å². The van der Waals surface area contributed by atoms with Crippen molar-refractivity contribution >= 4 is 51.1 Å². The van der Waals surface area contributed by atoms with E-state index in [1.165, 1.54) is 17.0 Å². The maximum atomic E-state index is 15.5. The van der Waals surface area contributed by atoms with Gasteiger partial charge in [-0.15, -0.1) is 11.8 Å². The van der Waals surface area contributed by atoms with Gasteiger partial charge in [0.2, 0.25) is 0 Å². The highest BCUT2D eigenvalue weighted by Gasteiger charge is 2.44. The number of aliphatic carboxylic acids is 1. The number of aliphatic imine (C=N–C) groups is 1. The van der Waals surface area contributed by atoms with Crippen LogP contribution in [0.1, 0.15) is 63.1 Å². The van der Waals surface area contributed by atoms with E-state index in [4.69, 9.17) is 15.2 Å². The number of amidine groups is 1. The summed E-state index contributed by atoms with van der Waals surface area (Å²) in [7, 11) is -4.12. The van der Waals surface area contributed by atoms with Crippen LogP contribution in [0.4, 0.5) is 14.9 Å². The molecule has 1 unspecified atom stereocenters. The summed E-state index contributed by atoms with van der Waals surface area (Å²) >= 11 is 1.15. The minimum absolute atomic E-state index is 0.0697. The predicted octanol–water partition coefficient (Wildman–Crippen LogP) is 3.85. The van der Waals surface area contributed by atoms with Crippen molar-refractivity contribution in [2.75, 3.05) is 36.7 Å². The molecule has 47 heavy (non-hydrogen) atoms. The number of amides is 2. The van der Waals surface area contributed by atoms with Gasteiger partial charge in [-0.3, -0.25) is 14.6 Å². The smallest absolute Gasteiger partial charge is 0.408 e. The first kappa shape index (κ1) is 36.2. The lowest BCUT2D eigenvalue weighted by Crippen LogP contribution is -2.50. The number of carboxylic acids is 1. The molecule has 2 heterocycles. The first-order valence-electron chi connectivity index (χ1n) is 15.1. The van der Waals surface area contributed by atoms with Gasteiger partial charge in [0.1, 0.15) is 23.3 Å². The van der Waals surface area contributed by atoms with Gasteiger partial charge in [0.15, 0.2) is 14.6 Å². The van der Waals surface area contributed by atoms with Crippen molar-refractivity contribution in [3.63, 3.8) is 0 Å². The molecule has 2 aliphatic heterocycles. The number of thioether (sulfide) groups is 1. The quantitative estimate of drug-likeness (QED) is 0.258. The van der Waals surface area contributed by atoms with Crippen LogP contribution in [0.25, 0.3) is 0 Å². The van der Waals surface area contributed by atoms with Gasteiger partial charge in [-0.2, -0.15) is 0 Å². The Balaban J connectivity index is 1.72. The minimum atomic E-state index is -4.12. The Bertz CT molecular complexity index is 1650. The standard InChI is InChI=1S/C32H41FN4O8S2/c1-31(2,3)45-30(41)36-24-17-46-26-15-23(33)22(27(34)35-18-32(4,29(39)40)47(5,42)43)14-25(26)37(28(24)38)16-19-6-8-20(9-7-19)21-10-12-44-13-11-21/h6-9,14-15,21,24H,10-13,16-18H2,1-5H3,(H2,34,35)(H,36,41)(H,39,40)/t24-,32?/m0/s1. The van der Waals surface area contributed by atoms with Gasteiger partial charge < -0.3 is 30.5 Å². The van der Waals surface area contributed by atoms with Gasteiger partial charge in [0.25, 0.3) is 5.91 Å². The van der Waals surface area contributed by atoms with E-state index in [-0.39, 0.29) is 17.9 Å². The number of sulfone groups is 1. The second-order valence-corrected chi connectivity index (χ2v) is 16.4. The fourth-order valence-electron chi connectivity index (χ4n) is 5.11. The molecule has 1 fully saturated rings. The minimum Gasteiger partial charge on any atom is -0.480 e. The maximum Gasteiger partial charge on any atom is 0.408 e. The topological polar surface area (TPSA) is 178 Å². The average Bonchev–Trinajstić information content (AvgIpc) is 3.10. The number of carbonyl (C=O) groups excluding carboxylic acids is 2. The van der Waals surface area contributed by atoms with Gasteiger partial charge in [-0.25, -0.2) is 17.6 Å². The number of hydrogen-bond acceptors (Lipinski definition) is 9. The van der Waals surface area contributed by atoms with Crippen molar-refractivity contribution in [1.82, 2.24) is 5.32 Å². The molecule has 2 aliphatic rings. The Morgan fingerprint density at radius 1 is 1.17 bits per heavy atom. The van der Waals surface area contributed by atoms with E-state index in [2.05, 4.69) is 10.3 Å². The summed E-state index contributed by atoms with van der Waals surface area (Å²) in [5.41, 5.74) is 7.31. The Labute approximate surface area is 278 Å². The number of carbonyl (C=O) groups is 3.